The van der Waals surface area contributed by atoms with Crippen LogP contribution in [0.5, 0.6) is 0 Å². The first-order valence-electron chi connectivity index (χ1n) is 5.68. The first-order chi connectivity index (χ1) is 7.40. The molecule has 1 aromatic rings. The number of ether oxygens (including phenoxy) is 1. The SMILES string of the molecule is COCCc1cccc([C@H]2CCNC2)c1. The van der Waals surface area contributed by atoms with Gasteiger partial charge in [0.1, 0.15) is 0 Å². The highest BCUT2D eigenvalue weighted by Crippen LogP contribution is 2.22. The van der Waals surface area contributed by atoms with Crippen LogP contribution < -0.4 is 5.32 Å². The van der Waals surface area contributed by atoms with Crippen LogP contribution in [0.2, 0.25) is 0 Å². The maximum absolute atomic E-state index is 5.10. The van der Waals surface area contributed by atoms with Crippen molar-refractivity contribution < 1.29 is 4.74 Å². The molecule has 2 nitrogen and oxygen atoms in total. The van der Waals surface area contributed by atoms with Crippen LogP contribution in [0.15, 0.2) is 24.3 Å². The second kappa shape index (κ2) is 5.29. The topological polar surface area (TPSA) is 21.3 Å². The van der Waals surface area contributed by atoms with Crippen molar-refractivity contribution in [3.8, 4) is 0 Å². The third-order valence-corrected chi connectivity index (χ3v) is 3.08. The van der Waals surface area contributed by atoms with E-state index < -0.39 is 0 Å². The molecule has 0 spiro atoms. The van der Waals surface area contributed by atoms with E-state index in [-0.39, 0.29) is 0 Å². The second-order valence-electron chi connectivity index (χ2n) is 4.18. The van der Waals surface area contributed by atoms with E-state index in [9.17, 15) is 0 Å². The maximum atomic E-state index is 5.10. The Labute approximate surface area is 91.6 Å². The summed E-state index contributed by atoms with van der Waals surface area (Å²) in [5, 5.41) is 3.41. The lowest BCUT2D eigenvalue weighted by molar-refractivity contribution is 0.202. The summed E-state index contributed by atoms with van der Waals surface area (Å²) in [7, 11) is 1.75. The fourth-order valence-corrected chi connectivity index (χ4v) is 2.16. The number of nitrogens with one attached hydrogen (secondary N) is 1. The van der Waals surface area contributed by atoms with Crippen LogP contribution in [0.4, 0.5) is 0 Å². The van der Waals surface area contributed by atoms with Gasteiger partial charge in [0.15, 0.2) is 0 Å². The lowest BCUT2D eigenvalue weighted by Gasteiger charge is -2.10. The van der Waals surface area contributed by atoms with Gasteiger partial charge in [-0.15, -0.1) is 0 Å². The molecule has 0 bridgehead atoms. The van der Waals surface area contributed by atoms with Gasteiger partial charge in [0, 0.05) is 13.7 Å². The van der Waals surface area contributed by atoms with Crippen LogP contribution in [-0.2, 0) is 11.2 Å². The molecule has 0 saturated carbocycles. The first kappa shape index (κ1) is 10.7. The molecule has 0 aliphatic carbocycles. The van der Waals surface area contributed by atoms with Crippen molar-refractivity contribution in [2.75, 3.05) is 26.8 Å². The average Bonchev–Trinajstić information content (AvgIpc) is 2.80. The Bertz CT molecular complexity index is 305. The van der Waals surface area contributed by atoms with Gasteiger partial charge in [-0.25, -0.2) is 0 Å². The van der Waals surface area contributed by atoms with Crippen LogP contribution in [0.3, 0.4) is 0 Å². The third-order valence-electron chi connectivity index (χ3n) is 3.08. The predicted octanol–water partition coefficient (Wildman–Crippen LogP) is 1.95. The highest BCUT2D eigenvalue weighted by molar-refractivity contribution is 5.27. The van der Waals surface area contributed by atoms with Crippen molar-refractivity contribution in [3.05, 3.63) is 35.4 Å². The normalized spacial score (nSPS) is 20.7. The quantitative estimate of drug-likeness (QED) is 0.811. The summed E-state index contributed by atoms with van der Waals surface area (Å²) in [5.74, 6) is 0.715. The van der Waals surface area contributed by atoms with Gasteiger partial charge in [-0.2, -0.15) is 0 Å². The van der Waals surface area contributed by atoms with Gasteiger partial charge in [0.2, 0.25) is 0 Å². The van der Waals surface area contributed by atoms with E-state index in [1.807, 2.05) is 0 Å². The molecule has 0 amide bonds. The second-order valence-corrected chi connectivity index (χ2v) is 4.18. The number of rotatable bonds is 4. The minimum absolute atomic E-state index is 0.715. The van der Waals surface area contributed by atoms with Crippen molar-refractivity contribution in [2.24, 2.45) is 0 Å². The van der Waals surface area contributed by atoms with Crippen LogP contribution in [0, 0.1) is 0 Å². The Morgan fingerprint density at radius 2 is 2.40 bits per heavy atom. The van der Waals surface area contributed by atoms with E-state index in [0.717, 1.165) is 26.1 Å². The highest BCUT2D eigenvalue weighted by atomic mass is 16.5. The molecule has 0 aromatic heterocycles. The van der Waals surface area contributed by atoms with E-state index in [1.54, 1.807) is 7.11 Å². The van der Waals surface area contributed by atoms with E-state index in [0.29, 0.717) is 5.92 Å². The largest absolute Gasteiger partial charge is 0.384 e. The molecule has 0 unspecified atom stereocenters. The molecule has 1 aromatic carbocycles. The smallest absolute Gasteiger partial charge is 0.0502 e. The molecule has 15 heavy (non-hydrogen) atoms. The van der Waals surface area contributed by atoms with Gasteiger partial charge >= 0.3 is 0 Å². The van der Waals surface area contributed by atoms with Gasteiger partial charge in [0.25, 0.3) is 0 Å². The minimum atomic E-state index is 0.715. The van der Waals surface area contributed by atoms with Gasteiger partial charge in [-0.3, -0.25) is 0 Å². The van der Waals surface area contributed by atoms with E-state index in [4.69, 9.17) is 4.74 Å². The molecule has 1 atom stereocenters. The summed E-state index contributed by atoms with van der Waals surface area (Å²) in [4.78, 5) is 0. The van der Waals surface area contributed by atoms with Crippen LogP contribution in [-0.4, -0.2) is 26.8 Å². The zero-order valence-corrected chi connectivity index (χ0v) is 9.33. The summed E-state index contributed by atoms with van der Waals surface area (Å²) < 4.78 is 5.10. The van der Waals surface area contributed by atoms with Gasteiger partial charge in [-0.1, -0.05) is 24.3 Å². The molecule has 1 aliphatic rings. The monoisotopic (exact) mass is 205 g/mol. The molecular weight excluding hydrogens is 186 g/mol. The van der Waals surface area contributed by atoms with Gasteiger partial charge in [-0.05, 0) is 36.4 Å². The molecule has 0 radical (unpaired) electrons. The lowest BCUT2D eigenvalue weighted by Crippen LogP contribution is -2.08. The minimum Gasteiger partial charge on any atom is -0.384 e. The Kier molecular flexibility index (Phi) is 3.75. The summed E-state index contributed by atoms with van der Waals surface area (Å²) in [6, 6.07) is 8.92. The van der Waals surface area contributed by atoms with Crippen molar-refractivity contribution in [1.82, 2.24) is 5.32 Å². The Morgan fingerprint density at radius 1 is 1.47 bits per heavy atom. The Balaban J connectivity index is 2.04. The first-order valence-corrected chi connectivity index (χ1v) is 5.68. The lowest BCUT2D eigenvalue weighted by atomic mass is 9.96. The van der Waals surface area contributed by atoms with E-state index >= 15 is 0 Å². The van der Waals surface area contributed by atoms with Gasteiger partial charge < -0.3 is 10.1 Å². The molecule has 1 saturated heterocycles. The molecule has 1 N–H and O–H groups in total. The predicted molar refractivity (Wildman–Crippen MR) is 62.2 cm³/mol. The van der Waals surface area contributed by atoms with Crippen LogP contribution in [0.1, 0.15) is 23.5 Å². The summed E-state index contributed by atoms with van der Waals surface area (Å²) >= 11 is 0. The summed E-state index contributed by atoms with van der Waals surface area (Å²) in [6.07, 6.45) is 2.29. The molecule has 82 valence electrons. The van der Waals surface area contributed by atoms with Crippen LogP contribution >= 0.6 is 0 Å². The van der Waals surface area contributed by atoms with E-state index in [1.165, 1.54) is 17.5 Å². The van der Waals surface area contributed by atoms with Crippen molar-refractivity contribution in [3.63, 3.8) is 0 Å². The Morgan fingerprint density at radius 3 is 3.13 bits per heavy atom. The molecule has 2 heteroatoms. The van der Waals surface area contributed by atoms with Crippen molar-refractivity contribution in [1.29, 1.82) is 0 Å². The molecule has 1 heterocycles. The summed E-state index contributed by atoms with van der Waals surface area (Å²) in [5.41, 5.74) is 2.87. The van der Waals surface area contributed by atoms with Crippen molar-refractivity contribution in [2.45, 2.75) is 18.8 Å². The average molecular weight is 205 g/mol. The maximum Gasteiger partial charge on any atom is 0.0502 e. The fourth-order valence-electron chi connectivity index (χ4n) is 2.16. The fraction of sp³-hybridized carbons (Fsp3) is 0.538. The zero-order chi connectivity index (χ0) is 10.5. The number of benzene rings is 1. The van der Waals surface area contributed by atoms with E-state index in [2.05, 4.69) is 29.6 Å². The highest BCUT2D eigenvalue weighted by Gasteiger charge is 2.16. The third kappa shape index (κ3) is 2.80. The number of methoxy groups -OCH3 is 1. The molecule has 1 aliphatic heterocycles. The zero-order valence-electron chi connectivity index (χ0n) is 9.33. The number of hydrogen-bond donors (Lipinski definition) is 1. The molecule has 2 rings (SSSR count). The van der Waals surface area contributed by atoms with Crippen molar-refractivity contribution >= 4 is 0 Å². The summed E-state index contributed by atoms with van der Waals surface area (Å²) in [6.45, 7) is 3.10. The molecule has 1 fully saturated rings. The molecular formula is C13H19NO. The Hall–Kier alpha value is -0.860. The van der Waals surface area contributed by atoms with Crippen LogP contribution in [0.25, 0.3) is 0 Å². The standard InChI is InChI=1S/C13H19NO/c1-15-8-6-11-3-2-4-12(9-11)13-5-7-14-10-13/h2-4,9,13-14H,5-8,10H2,1H3/t13-/m0/s1. The van der Waals surface area contributed by atoms with Gasteiger partial charge in [0.05, 0.1) is 6.61 Å². The number of hydrogen-bond acceptors (Lipinski definition) is 2.